The molecule has 0 radical (unpaired) electrons. The van der Waals surface area contributed by atoms with E-state index in [1.54, 1.807) is 23.6 Å². The lowest BCUT2D eigenvalue weighted by molar-refractivity contribution is -0.223. The van der Waals surface area contributed by atoms with Gasteiger partial charge in [0.1, 0.15) is 4.21 Å². The number of aliphatic hydroxyl groups excluding tert-OH is 2. The summed E-state index contributed by atoms with van der Waals surface area (Å²) in [6, 6.07) is 9.44. The zero-order chi connectivity index (χ0) is 62.4. The molecule has 484 valence electrons. The molecule has 0 aliphatic heterocycles. The van der Waals surface area contributed by atoms with Gasteiger partial charge in [0.2, 0.25) is 11.8 Å². The summed E-state index contributed by atoms with van der Waals surface area (Å²) in [5.41, 5.74) is -1.03. The van der Waals surface area contributed by atoms with Crippen LogP contribution in [0.5, 0.6) is 0 Å². The highest BCUT2D eigenvalue weighted by Crippen LogP contribution is 2.72. The highest BCUT2D eigenvalue weighted by Gasteiger charge is 2.68. The van der Waals surface area contributed by atoms with Gasteiger partial charge < -0.3 is 20.8 Å². The summed E-state index contributed by atoms with van der Waals surface area (Å²) < 4.78 is 135. The first kappa shape index (κ1) is 66.7. The molecule has 0 spiro atoms. The van der Waals surface area contributed by atoms with Gasteiger partial charge in [-0.05, 0) is 248 Å². The van der Waals surface area contributed by atoms with Crippen molar-refractivity contribution < 1.29 is 49.0 Å². The van der Waals surface area contributed by atoms with Crippen LogP contribution in [0.3, 0.4) is 0 Å². The minimum Gasteiger partial charge on any atom is -0.393 e. The van der Waals surface area contributed by atoms with E-state index in [1.165, 1.54) is 18.2 Å². The number of sulfonamides is 2. The molecule has 1 heterocycles. The summed E-state index contributed by atoms with van der Waals surface area (Å²) in [5, 5.41) is 32.8. The zero-order valence-corrected chi connectivity index (χ0v) is 56.1. The Morgan fingerprint density at radius 1 is 0.651 bits per heavy atom. The molecule has 0 amide bonds. The fourth-order valence-corrected chi connectivity index (χ4v) is 25.4. The molecular formula is C66H99F5N4O6S5. The maximum absolute atomic E-state index is 15.6. The van der Waals surface area contributed by atoms with Crippen molar-refractivity contribution in [2.45, 2.75) is 222 Å². The molecule has 86 heavy (non-hydrogen) atoms. The summed E-state index contributed by atoms with van der Waals surface area (Å²) in [4.78, 5) is -0.0191. The van der Waals surface area contributed by atoms with E-state index in [4.69, 9.17) is 24.4 Å². The van der Waals surface area contributed by atoms with E-state index in [-0.39, 0.29) is 126 Å². The van der Waals surface area contributed by atoms with Gasteiger partial charge in [0, 0.05) is 44.2 Å². The van der Waals surface area contributed by atoms with Crippen LogP contribution in [0.2, 0.25) is 0 Å². The first-order chi connectivity index (χ1) is 40.3. The Hall–Kier alpha value is -2.23. The standard InChI is InChI=1S/C66H99F5N4O6S5/c1-9-43-51-36-65(68,69)31-29-63(51,7)49-22-27-61(5)45(18-20-47(61)54(49)56(43)76)39(2)24-33-72-58(82)74-85(78,79)42-16-14-41(15-17-42)60(4,38-67)26-10-12-44-52-37-66(70,71)32-30-64(52,8)50-23-28-62(6)46(19-21-48(62)55(50)57(44)77)40(3)25-34-73-59(83)75-86(80,81)53-13-11-35-84-53/h11,13-17,35,39-40,43-52,54-57,76-77H,9-10,12,18-34,36-38H2,1-8H3,(H2,72,74,82)(H2,73,75,83)/t39-,40-,43-,44-,45-,46-,47+,48+,49+,50+,51+,52+,54+,55+,56-,57-,60?,61-,62-,63-,64-/m1/s1. The molecule has 6 N–H and O–H groups in total. The van der Waals surface area contributed by atoms with Gasteiger partial charge in [0.25, 0.3) is 20.0 Å². The van der Waals surface area contributed by atoms with Crippen LogP contribution in [0, 0.1) is 105 Å². The molecule has 8 aliphatic rings. The average Bonchev–Trinajstić information content (AvgIpc) is 1.14. The van der Waals surface area contributed by atoms with E-state index in [2.05, 4.69) is 68.5 Å². The highest BCUT2D eigenvalue weighted by atomic mass is 32.2. The number of halogens is 5. The minimum absolute atomic E-state index is 0.00494. The van der Waals surface area contributed by atoms with Crippen LogP contribution >= 0.6 is 35.8 Å². The molecule has 8 saturated carbocycles. The van der Waals surface area contributed by atoms with Gasteiger partial charge in [-0.25, -0.2) is 34.4 Å². The van der Waals surface area contributed by atoms with Gasteiger partial charge in [-0.2, -0.15) is 0 Å². The van der Waals surface area contributed by atoms with Gasteiger partial charge in [-0.3, -0.25) is 13.8 Å². The fraction of sp³-hybridized carbons (Fsp3) is 0.818. The number of nitrogens with one attached hydrogen (secondary N) is 4. The van der Waals surface area contributed by atoms with Gasteiger partial charge in [0.15, 0.2) is 10.2 Å². The van der Waals surface area contributed by atoms with E-state index in [1.807, 2.05) is 6.92 Å². The Balaban J connectivity index is 0.728. The van der Waals surface area contributed by atoms with E-state index >= 15 is 13.2 Å². The maximum Gasteiger partial charge on any atom is 0.273 e. The Morgan fingerprint density at radius 3 is 1.58 bits per heavy atom. The van der Waals surface area contributed by atoms with E-state index in [0.717, 1.165) is 75.5 Å². The zero-order valence-electron chi connectivity index (χ0n) is 52.0. The second kappa shape index (κ2) is 24.7. The van der Waals surface area contributed by atoms with Gasteiger partial charge in [-0.1, -0.05) is 86.4 Å². The van der Waals surface area contributed by atoms with Crippen molar-refractivity contribution >= 4 is 66.0 Å². The van der Waals surface area contributed by atoms with Crippen LogP contribution in [0.1, 0.15) is 189 Å². The molecule has 10 rings (SSSR count). The van der Waals surface area contributed by atoms with Crippen molar-refractivity contribution in [2.24, 2.45) is 105 Å². The minimum atomic E-state index is -4.11. The monoisotopic (exact) mass is 1300 g/mol. The molecule has 0 bridgehead atoms. The predicted molar refractivity (Wildman–Crippen MR) is 338 cm³/mol. The molecular weight excluding hydrogens is 1200 g/mol. The smallest absolute Gasteiger partial charge is 0.273 e. The lowest BCUT2D eigenvalue weighted by atomic mass is 9.41. The predicted octanol–water partition coefficient (Wildman–Crippen LogP) is 14.6. The van der Waals surface area contributed by atoms with Crippen molar-refractivity contribution in [2.75, 3.05) is 19.8 Å². The lowest BCUT2D eigenvalue weighted by Crippen LogP contribution is -2.62. The molecule has 2 aromatic rings. The summed E-state index contributed by atoms with van der Waals surface area (Å²) in [5.74, 6) is -4.34. The van der Waals surface area contributed by atoms with Crippen LogP contribution in [0.15, 0.2) is 50.9 Å². The lowest BCUT2D eigenvalue weighted by Gasteiger charge is -2.65. The normalized spacial score (nSPS) is 40.2. The molecule has 1 aromatic carbocycles. The number of rotatable bonds is 19. The summed E-state index contributed by atoms with van der Waals surface area (Å²) >= 11 is 12.1. The molecule has 8 aliphatic carbocycles. The third-order valence-electron chi connectivity index (χ3n) is 26.2. The topological polar surface area (TPSA) is 157 Å². The van der Waals surface area contributed by atoms with Crippen LogP contribution in [0.4, 0.5) is 22.0 Å². The first-order valence-electron chi connectivity index (χ1n) is 32.7. The Bertz CT molecular complexity index is 2980. The number of benzene rings is 1. The Labute approximate surface area is 525 Å². The number of fused-ring (bicyclic) bond motifs is 10. The second-order valence-electron chi connectivity index (χ2n) is 30.4. The quantitative estimate of drug-likeness (QED) is 0.0591. The van der Waals surface area contributed by atoms with Crippen molar-refractivity contribution in [1.29, 1.82) is 0 Å². The Kier molecular flexibility index (Phi) is 19.1. The van der Waals surface area contributed by atoms with E-state index in [0.29, 0.717) is 74.9 Å². The third kappa shape index (κ3) is 12.2. The van der Waals surface area contributed by atoms with Crippen molar-refractivity contribution in [1.82, 2.24) is 20.1 Å². The SMILES string of the molecule is CC[C@H]1[C@@H](O)[C@@H]2[C@H](CC[C@]3(C)[C@@H]([C@H](C)CCNC(=S)NS(=O)(=O)c4ccc(C(C)(CF)CCC[C@H]5[C@@H](O)[C@@H]6[C@H](CC[C@]7(C)[C@@H]([C@H](C)CCNC(=S)NS(=O)(=O)c8cccs8)CC[C@@H]67)[C@@]6(C)CCC(F)(F)C[C@@H]56)cc4)CC[C@@H]23)[C@@]2(C)CCC(F)(F)C[C@@H]12. The summed E-state index contributed by atoms with van der Waals surface area (Å²) in [7, 11) is -7.86. The van der Waals surface area contributed by atoms with Gasteiger partial charge in [0.05, 0.1) is 23.8 Å². The molecule has 8 fully saturated rings. The highest BCUT2D eigenvalue weighted by molar-refractivity contribution is 7.93. The Morgan fingerprint density at radius 2 is 1.12 bits per heavy atom. The van der Waals surface area contributed by atoms with E-state index < -0.39 is 62.1 Å². The van der Waals surface area contributed by atoms with Gasteiger partial charge >= 0.3 is 0 Å². The third-order valence-corrected chi connectivity index (χ3v) is 31.1. The molecule has 21 atom stereocenters. The molecule has 20 heteroatoms. The molecule has 1 unspecified atom stereocenters. The first-order valence-corrected chi connectivity index (χ1v) is 37.4. The number of thiocarbonyl (C=S) groups is 2. The fourth-order valence-electron chi connectivity index (χ4n) is 21.7. The molecule has 1 aromatic heterocycles. The number of hydrogen-bond donors (Lipinski definition) is 6. The number of alkyl halides is 5. The maximum atomic E-state index is 15.6. The number of hydrogen-bond acceptors (Lipinski definition) is 9. The molecule has 10 nitrogen and oxygen atoms in total. The second-order valence-corrected chi connectivity index (χ2v) is 35.8. The average molecular weight is 1300 g/mol. The van der Waals surface area contributed by atoms with Crippen LogP contribution in [-0.4, -0.2) is 81.1 Å². The summed E-state index contributed by atoms with van der Waals surface area (Å²) in [6.07, 6.45) is 10.3. The number of aliphatic hydroxyl groups is 2. The van der Waals surface area contributed by atoms with Crippen LogP contribution < -0.4 is 20.1 Å². The van der Waals surface area contributed by atoms with Crippen LogP contribution in [0.25, 0.3) is 0 Å². The van der Waals surface area contributed by atoms with Crippen molar-refractivity contribution in [3.8, 4) is 0 Å². The van der Waals surface area contributed by atoms with Crippen LogP contribution in [-0.2, 0) is 25.5 Å². The van der Waals surface area contributed by atoms with E-state index in [9.17, 15) is 35.8 Å². The largest absolute Gasteiger partial charge is 0.393 e. The molecule has 0 saturated heterocycles. The summed E-state index contributed by atoms with van der Waals surface area (Å²) in [6.45, 7) is 17.8. The van der Waals surface area contributed by atoms with Crippen molar-refractivity contribution in [3.63, 3.8) is 0 Å². The number of thiophene rings is 1. The van der Waals surface area contributed by atoms with Gasteiger partial charge in [-0.15, -0.1) is 11.3 Å². The van der Waals surface area contributed by atoms with Crippen molar-refractivity contribution in [3.05, 3.63) is 47.3 Å².